The van der Waals surface area contributed by atoms with Gasteiger partial charge in [0.25, 0.3) is 5.91 Å². The van der Waals surface area contributed by atoms with Crippen molar-refractivity contribution in [3.8, 4) is 11.5 Å². The number of anilines is 1. The fourth-order valence-electron chi connectivity index (χ4n) is 2.27. The van der Waals surface area contributed by atoms with Crippen molar-refractivity contribution >= 4 is 17.6 Å². The minimum atomic E-state index is -0.927. The highest BCUT2D eigenvalue weighted by atomic mass is 16.7. The summed E-state index contributed by atoms with van der Waals surface area (Å²) in [5.41, 5.74) is 1.98. The van der Waals surface area contributed by atoms with E-state index in [1.807, 2.05) is 25.1 Å². The van der Waals surface area contributed by atoms with Crippen LogP contribution in [0.3, 0.4) is 0 Å². The minimum Gasteiger partial charge on any atom is -0.454 e. The fraction of sp³-hybridized carbons (Fsp3) is 0.222. The number of hydrogen-bond acceptors (Lipinski definition) is 5. The summed E-state index contributed by atoms with van der Waals surface area (Å²) in [6.45, 7) is 3.58. The van der Waals surface area contributed by atoms with Gasteiger partial charge < -0.3 is 19.5 Å². The summed E-state index contributed by atoms with van der Waals surface area (Å²) in [5.74, 6) is 0.0768. The van der Waals surface area contributed by atoms with E-state index >= 15 is 0 Å². The third-order valence-corrected chi connectivity index (χ3v) is 3.55. The second-order valence-corrected chi connectivity index (χ2v) is 5.47. The molecule has 2 aromatic carbocycles. The molecule has 0 spiro atoms. The Labute approximate surface area is 139 Å². The third-order valence-electron chi connectivity index (χ3n) is 3.55. The maximum atomic E-state index is 12.2. The molecule has 2 aromatic rings. The summed E-state index contributed by atoms with van der Waals surface area (Å²) in [6, 6.07) is 12.1. The summed E-state index contributed by atoms with van der Waals surface area (Å²) in [4.78, 5) is 24.3. The van der Waals surface area contributed by atoms with E-state index in [-0.39, 0.29) is 6.79 Å². The first kappa shape index (κ1) is 15.9. The zero-order valence-corrected chi connectivity index (χ0v) is 13.4. The number of esters is 1. The van der Waals surface area contributed by atoms with Gasteiger partial charge in [0.2, 0.25) is 6.79 Å². The number of carbonyl (C=O) groups is 2. The molecule has 0 fully saturated rings. The monoisotopic (exact) mass is 327 g/mol. The summed E-state index contributed by atoms with van der Waals surface area (Å²) in [5, 5.41) is 2.72. The van der Waals surface area contributed by atoms with E-state index < -0.39 is 18.0 Å². The second kappa shape index (κ2) is 6.62. The minimum absolute atomic E-state index is 0.128. The highest BCUT2D eigenvalue weighted by molar-refractivity contribution is 5.97. The largest absolute Gasteiger partial charge is 0.454 e. The second-order valence-electron chi connectivity index (χ2n) is 5.47. The van der Waals surface area contributed by atoms with Crippen LogP contribution in [0.5, 0.6) is 11.5 Å². The van der Waals surface area contributed by atoms with Crippen LogP contribution in [-0.4, -0.2) is 24.8 Å². The number of benzene rings is 2. The molecule has 1 heterocycles. The van der Waals surface area contributed by atoms with Crippen LogP contribution in [0, 0.1) is 6.92 Å². The SMILES string of the molecule is Cc1cccc(NC(=O)[C@@H](C)OC(=O)c2ccc3c(c2)OCO3)c1. The molecule has 0 radical (unpaired) electrons. The van der Waals surface area contributed by atoms with E-state index in [1.165, 1.54) is 13.0 Å². The molecule has 1 aliphatic heterocycles. The van der Waals surface area contributed by atoms with Crippen LogP contribution in [0.1, 0.15) is 22.8 Å². The molecule has 124 valence electrons. The summed E-state index contributed by atoms with van der Waals surface area (Å²) >= 11 is 0. The van der Waals surface area contributed by atoms with Gasteiger partial charge >= 0.3 is 5.97 Å². The molecule has 1 N–H and O–H groups in total. The molecule has 24 heavy (non-hydrogen) atoms. The van der Waals surface area contributed by atoms with Gasteiger partial charge in [-0.25, -0.2) is 4.79 Å². The number of fused-ring (bicyclic) bond motifs is 1. The van der Waals surface area contributed by atoms with Crippen molar-refractivity contribution in [1.82, 2.24) is 0 Å². The molecule has 1 atom stereocenters. The summed E-state index contributed by atoms with van der Waals surface area (Å²) in [7, 11) is 0. The van der Waals surface area contributed by atoms with Crippen LogP contribution in [0.2, 0.25) is 0 Å². The lowest BCUT2D eigenvalue weighted by atomic mass is 10.2. The van der Waals surface area contributed by atoms with Crippen molar-refractivity contribution in [2.24, 2.45) is 0 Å². The Morgan fingerprint density at radius 3 is 2.71 bits per heavy atom. The molecular formula is C18H17NO5. The number of amides is 1. The maximum Gasteiger partial charge on any atom is 0.339 e. The molecule has 3 rings (SSSR count). The quantitative estimate of drug-likeness (QED) is 0.874. The zero-order chi connectivity index (χ0) is 17.1. The van der Waals surface area contributed by atoms with Crippen LogP contribution < -0.4 is 14.8 Å². The standard InChI is InChI=1S/C18H17NO5/c1-11-4-3-5-14(8-11)19-17(20)12(2)24-18(21)13-6-7-15-16(9-13)23-10-22-15/h3-9,12H,10H2,1-2H3,(H,19,20)/t12-/m1/s1. The number of ether oxygens (including phenoxy) is 3. The van der Waals surface area contributed by atoms with Gasteiger partial charge in [0.05, 0.1) is 5.56 Å². The predicted molar refractivity (Wildman–Crippen MR) is 87.3 cm³/mol. The topological polar surface area (TPSA) is 73.9 Å². The molecule has 0 aliphatic carbocycles. The number of aryl methyl sites for hydroxylation is 1. The van der Waals surface area contributed by atoms with Crippen molar-refractivity contribution < 1.29 is 23.8 Å². The average Bonchev–Trinajstić information content (AvgIpc) is 3.02. The lowest BCUT2D eigenvalue weighted by molar-refractivity contribution is -0.123. The molecule has 1 aliphatic rings. The van der Waals surface area contributed by atoms with Crippen LogP contribution in [-0.2, 0) is 9.53 Å². The van der Waals surface area contributed by atoms with Crippen molar-refractivity contribution in [3.63, 3.8) is 0 Å². The van der Waals surface area contributed by atoms with Gasteiger partial charge in [-0.1, -0.05) is 12.1 Å². The van der Waals surface area contributed by atoms with Crippen LogP contribution in [0.4, 0.5) is 5.69 Å². The van der Waals surface area contributed by atoms with Gasteiger partial charge in [-0.2, -0.15) is 0 Å². The van der Waals surface area contributed by atoms with Crippen LogP contribution in [0.15, 0.2) is 42.5 Å². The van der Waals surface area contributed by atoms with Crippen LogP contribution in [0.25, 0.3) is 0 Å². The molecule has 1 amide bonds. The van der Waals surface area contributed by atoms with Crippen molar-refractivity contribution in [3.05, 3.63) is 53.6 Å². The van der Waals surface area contributed by atoms with Gasteiger partial charge in [-0.05, 0) is 49.7 Å². The normalized spacial score (nSPS) is 13.2. The van der Waals surface area contributed by atoms with E-state index in [4.69, 9.17) is 14.2 Å². The smallest absolute Gasteiger partial charge is 0.339 e. The van der Waals surface area contributed by atoms with Gasteiger partial charge in [0.1, 0.15) is 0 Å². The van der Waals surface area contributed by atoms with E-state index in [2.05, 4.69) is 5.32 Å². The maximum absolute atomic E-state index is 12.2. The number of carbonyl (C=O) groups excluding carboxylic acids is 2. The molecule has 0 saturated heterocycles. The van der Waals surface area contributed by atoms with Gasteiger partial charge in [-0.3, -0.25) is 4.79 Å². The van der Waals surface area contributed by atoms with Crippen LogP contribution >= 0.6 is 0 Å². The molecule has 0 saturated carbocycles. The Kier molecular flexibility index (Phi) is 4.37. The highest BCUT2D eigenvalue weighted by Crippen LogP contribution is 2.32. The molecular weight excluding hydrogens is 310 g/mol. The Bertz CT molecular complexity index is 787. The molecule has 6 heteroatoms. The van der Waals surface area contributed by atoms with E-state index in [1.54, 1.807) is 18.2 Å². The third kappa shape index (κ3) is 3.48. The highest BCUT2D eigenvalue weighted by Gasteiger charge is 2.21. The Hall–Kier alpha value is -3.02. The number of hydrogen-bond donors (Lipinski definition) is 1. The van der Waals surface area contributed by atoms with Crippen molar-refractivity contribution in [1.29, 1.82) is 0 Å². The molecule has 0 unspecified atom stereocenters. The van der Waals surface area contributed by atoms with E-state index in [9.17, 15) is 9.59 Å². The van der Waals surface area contributed by atoms with Gasteiger partial charge in [0, 0.05) is 5.69 Å². The van der Waals surface area contributed by atoms with Gasteiger partial charge in [0.15, 0.2) is 17.6 Å². The van der Waals surface area contributed by atoms with Gasteiger partial charge in [-0.15, -0.1) is 0 Å². The first-order valence-electron chi connectivity index (χ1n) is 7.51. The fourth-order valence-corrected chi connectivity index (χ4v) is 2.27. The van der Waals surface area contributed by atoms with Crippen molar-refractivity contribution in [2.45, 2.75) is 20.0 Å². The number of rotatable bonds is 4. The summed E-state index contributed by atoms with van der Waals surface area (Å²) < 4.78 is 15.6. The molecule has 6 nitrogen and oxygen atoms in total. The average molecular weight is 327 g/mol. The van der Waals surface area contributed by atoms with E-state index in [0.717, 1.165) is 5.56 Å². The molecule has 0 aromatic heterocycles. The Balaban J connectivity index is 1.62. The zero-order valence-electron chi connectivity index (χ0n) is 13.4. The van der Waals surface area contributed by atoms with E-state index in [0.29, 0.717) is 22.7 Å². The van der Waals surface area contributed by atoms with Crippen molar-refractivity contribution in [2.75, 3.05) is 12.1 Å². The first-order chi connectivity index (χ1) is 11.5. The predicted octanol–water partition coefficient (Wildman–Crippen LogP) is 2.91. The Morgan fingerprint density at radius 2 is 1.92 bits per heavy atom. The summed E-state index contributed by atoms with van der Waals surface area (Å²) in [6.07, 6.45) is -0.927. The number of nitrogens with one attached hydrogen (secondary N) is 1. The lowest BCUT2D eigenvalue weighted by Gasteiger charge is -2.14. The Morgan fingerprint density at radius 1 is 1.12 bits per heavy atom. The lowest BCUT2D eigenvalue weighted by Crippen LogP contribution is -2.30. The molecule has 0 bridgehead atoms. The first-order valence-corrected chi connectivity index (χ1v) is 7.51.